The van der Waals surface area contributed by atoms with Gasteiger partial charge in [0.2, 0.25) is 0 Å². The van der Waals surface area contributed by atoms with Crippen molar-refractivity contribution >= 4 is 11.6 Å². The average Bonchev–Trinajstić information content (AvgIpc) is 2.94. The molecule has 0 radical (unpaired) electrons. The molecule has 1 aliphatic heterocycles. The summed E-state index contributed by atoms with van der Waals surface area (Å²) in [6, 6.07) is 5.83. The summed E-state index contributed by atoms with van der Waals surface area (Å²) in [5.74, 6) is 1.56. The van der Waals surface area contributed by atoms with E-state index in [9.17, 15) is 0 Å². The van der Waals surface area contributed by atoms with Crippen LogP contribution in [0.25, 0.3) is 0 Å². The Morgan fingerprint density at radius 1 is 1.43 bits per heavy atom. The summed E-state index contributed by atoms with van der Waals surface area (Å²) in [5.41, 5.74) is 1.12. The molecule has 1 heterocycles. The number of halogens is 1. The van der Waals surface area contributed by atoms with Gasteiger partial charge in [-0.3, -0.25) is 0 Å². The Morgan fingerprint density at radius 2 is 2.29 bits per heavy atom. The molecule has 1 atom stereocenters. The van der Waals surface area contributed by atoms with Crippen LogP contribution < -0.4 is 10.1 Å². The maximum absolute atomic E-state index is 6.09. The molecule has 1 aromatic carbocycles. The average molecular weight is 312 g/mol. The Balaban J connectivity index is 1.84. The van der Waals surface area contributed by atoms with Gasteiger partial charge in [0.1, 0.15) is 5.75 Å². The van der Waals surface area contributed by atoms with E-state index in [2.05, 4.69) is 19.2 Å². The minimum Gasteiger partial charge on any atom is -0.493 e. The molecule has 1 aliphatic rings. The first-order valence-corrected chi connectivity index (χ1v) is 8.26. The van der Waals surface area contributed by atoms with Gasteiger partial charge in [0, 0.05) is 30.2 Å². The van der Waals surface area contributed by atoms with E-state index in [0.29, 0.717) is 18.6 Å². The normalized spacial score (nSPS) is 18.4. The van der Waals surface area contributed by atoms with Gasteiger partial charge in [-0.2, -0.15) is 0 Å². The fourth-order valence-electron chi connectivity index (χ4n) is 2.49. The van der Waals surface area contributed by atoms with Gasteiger partial charge in [0.05, 0.1) is 12.7 Å². The predicted octanol–water partition coefficient (Wildman–Crippen LogP) is 4.03. The molecule has 4 heteroatoms. The van der Waals surface area contributed by atoms with Crippen molar-refractivity contribution < 1.29 is 9.47 Å². The Labute approximate surface area is 133 Å². The second-order valence-electron chi connectivity index (χ2n) is 6.05. The second kappa shape index (κ2) is 8.62. The van der Waals surface area contributed by atoms with Crippen LogP contribution in [0, 0.1) is 5.92 Å². The van der Waals surface area contributed by atoms with Gasteiger partial charge in [-0.15, -0.1) is 0 Å². The van der Waals surface area contributed by atoms with Crippen molar-refractivity contribution in [3.05, 3.63) is 28.8 Å². The van der Waals surface area contributed by atoms with Crippen LogP contribution in [-0.4, -0.2) is 25.9 Å². The summed E-state index contributed by atoms with van der Waals surface area (Å²) in [7, 11) is 0. The Hall–Kier alpha value is -0.770. The van der Waals surface area contributed by atoms with Crippen LogP contribution in [0.1, 0.15) is 38.7 Å². The van der Waals surface area contributed by atoms with Crippen molar-refractivity contribution in [2.24, 2.45) is 5.92 Å². The molecule has 1 aromatic rings. The third-order valence-corrected chi connectivity index (χ3v) is 3.85. The minimum atomic E-state index is 0.375. The molecule has 1 N–H and O–H groups in total. The molecule has 0 aliphatic carbocycles. The summed E-state index contributed by atoms with van der Waals surface area (Å²) < 4.78 is 11.6. The van der Waals surface area contributed by atoms with Crippen molar-refractivity contribution in [2.45, 2.75) is 45.8 Å². The summed E-state index contributed by atoms with van der Waals surface area (Å²) in [5, 5.41) is 4.19. The molecule has 1 fully saturated rings. The van der Waals surface area contributed by atoms with E-state index in [1.54, 1.807) is 0 Å². The van der Waals surface area contributed by atoms with E-state index < -0.39 is 0 Å². The predicted molar refractivity (Wildman–Crippen MR) is 87.1 cm³/mol. The molecule has 0 aromatic heterocycles. The van der Waals surface area contributed by atoms with Crippen LogP contribution in [0.2, 0.25) is 5.02 Å². The van der Waals surface area contributed by atoms with E-state index >= 15 is 0 Å². The second-order valence-corrected chi connectivity index (χ2v) is 6.49. The molecule has 1 saturated heterocycles. The molecule has 21 heavy (non-hydrogen) atoms. The standard InChI is InChI=1S/C17H26ClNO2/c1-13(2)11-19-12-14-10-15(18)5-6-17(14)21-9-7-16-4-3-8-20-16/h5-6,10,13,16,19H,3-4,7-9,11-12H2,1-2H3. The lowest BCUT2D eigenvalue weighted by Gasteiger charge is -2.15. The highest BCUT2D eigenvalue weighted by Crippen LogP contribution is 2.24. The molecule has 1 unspecified atom stereocenters. The number of nitrogens with one attached hydrogen (secondary N) is 1. The zero-order chi connectivity index (χ0) is 15.1. The summed E-state index contributed by atoms with van der Waals surface area (Å²) in [6.07, 6.45) is 3.67. The lowest BCUT2D eigenvalue weighted by atomic mass is 10.1. The van der Waals surface area contributed by atoms with Gasteiger partial charge < -0.3 is 14.8 Å². The molecular formula is C17H26ClNO2. The van der Waals surface area contributed by atoms with E-state index in [0.717, 1.165) is 48.9 Å². The van der Waals surface area contributed by atoms with E-state index in [1.807, 2.05) is 18.2 Å². The minimum absolute atomic E-state index is 0.375. The van der Waals surface area contributed by atoms with E-state index in [4.69, 9.17) is 21.1 Å². The van der Waals surface area contributed by atoms with Gasteiger partial charge in [-0.05, 0) is 43.5 Å². The third kappa shape index (κ3) is 5.85. The zero-order valence-electron chi connectivity index (χ0n) is 13.0. The first kappa shape index (κ1) is 16.6. The number of benzene rings is 1. The fraction of sp³-hybridized carbons (Fsp3) is 0.647. The van der Waals surface area contributed by atoms with Crippen LogP contribution in [0.3, 0.4) is 0 Å². The SMILES string of the molecule is CC(C)CNCc1cc(Cl)ccc1OCCC1CCCO1. The van der Waals surface area contributed by atoms with Crippen LogP contribution in [0.15, 0.2) is 18.2 Å². The molecule has 0 amide bonds. The molecular weight excluding hydrogens is 286 g/mol. The van der Waals surface area contributed by atoms with Gasteiger partial charge in [-0.1, -0.05) is 25.4 Å². The first-order chi connectivity index (χ1) is 10.1. The van der Waals surface area contributed by atoms with Crippen molar-refractivity contribution in [2.75, 3.05) is 19.8 Å². The van der Waals surface area contributed by atoms with Gasteiger partial charge >= 0.3 is 0 Å². The van der Waals surface area contributed by atoms with Crippen molar-refractivity contribution in [3.63, 3.8) is 0 Å². The molecule has 3 nitrogen and oxygen atoms in total. The molecule has 0 bridgehead atoms. The molecule has 0 saturated carbocycles. The molecule has 118 valence electrons. The number of hydrogen-bond acceptors (Lipinski definition) is 3. The number of rotatable bonds is 8. The number of ether oxygens (including phenoxy) is 2. The van der Waals surface area contributed by atoms with Gasteiger partial charge in [-0.25, -0.2) is 0 Å². The van der Waals surface area contributed by atoms with Crippen LogP contribution in [-0.2, 0) is 11.3 Å². The van der Waals surface area contributed by atoms with Crippen molar-refractivity contribution in [1.82, 2.24) is 5.32 Å². The Kier molecular flexibility index (Phi) is 6.81. The van der Waals surface area contributed by atoms with Crippen LogP contribution in [0.5, 0.6) is 5.75 Å². The maximum Gasteiger partial charge on any atom is 0.123 e. The Morgan fingerprint density at radius 3 is 3.00 bits per heavy atom. The highest BCUT2D eigenvalue weighted by atomic mass is 35.5. The van der Waals surface area contributed by atoms with Gasteiger partial charge in [0.15, 0.2) is 0 Å². The highest BCUT2D eigenvalue weighted by Gasteiger charge is 2.15. The van der Waals surface area contributed by atoms with E-state index in [-0.39, 0.29) is 0 Å². The maximum atomic E-state index is 6.09. The smallest absolute Gasteiger partial charge is 0.123 e. The summed E-state index contributed by atoms with van der Waals surface area (Å²) in [4.78, 5) is 0. The van der Waals surface area contributed by atoms with Crippen LogP contribution in [0.4, 0.5) is 0 Å². The lowest BCUT2D eigenvalue weighted by Crippen LogP contribution is -2.19. The van der Waals surface area contributed by atoms with Crippen LogP contribution >= 0.6 is 11.6 Å². The quantitative estimate of drug-likeness (QED) is 0.786. The topological polar surface area (TPSA) is 30.5 Å². The molecule has 2 rings (SSSR count). The largest absolute Gasteiger partial charge is 0.493 e. The number of hydrogen-bond donors (Lipinski definition) is 1. The first-order valence-electron chi connectivity index (χ1n) is 7.88. The zero-order valence-corrected chi connectivity index (χ0v) is 13.8. The van der Waals surface area contributed by atoms with E-state index in [1.165, 1.54) is 6.42 Å². The monoisotopic (exact) mass is 311 g/mol. The lowest BCUT2D eigenvalue weighted by molar-refractivity contribution is 0.0902. The fourth-order valence-corrected chi connectivity index (χ4v) is 2.69. The molecule has 0 spiro atoms. The van der Waals surface area contributed by atoms with Crippen molar-refractivity contribution in [3.8, 4) is 5.75 Å². The van der Waals surface area contributed by atoms with Gasteiger partial charge in [0.25, 0.3) is 0 Å². The van der Waals surface area contributed by atoms with Crippen molar-refractivity contribution in [1.29, 1.82) is 0 Å². The Bertz CT molecular complexity index is 431. The third-order valence-electron chi connectivity index (χ3n) is 3.61. The summed E-state index contributed by atoms with van der Waals surface area (Å²) in [6.45, 7) is 7.77. The highest BCUT2D eigenvalue weighted by molar-refractivity contribution is 6.30. The summed E-state index contributed by atoms with van der Waals surface area (Å²) >= 11 is 6.09.